The predicted molar refractivity (Wildman–Crippen MR) is 151 cm³/mol. The van der Waals surface area contributed by atoms with Gasteiger partial charge in [-0.2, -0.15) is 0 Å². The number of hydrogen-bond acceptors (Lipinski definition) is 8. The van der Waals surface area contributed by atoms with Gasteiger partial charge in [-0.05, 0) is 98.0 Å². The van der Waals surface area contributed by atoms with E-state index in [-0.39, 0.29) is 0 Å². The quantitative estimate of drug-likeness (QED) is 0.0965. The summed E-state index contributed by atoms with van der Waals surface area (Å²) in [6, 6.07) is 20.2. The van der Waals surface area contributed by atoms with Gasteiger partial charge in [0.1, 0.15) is 23.0 Å². The highest BCUT2D eigenvalue weighted by Gasteiger charge is 2.09. The maximum Gasteiger partial charge on any atom is 0.343 e. The molecule has 0 amide bonds. The van der Waals surface area contributed by atoms with Crippen molar-refractivity contribution in [1.29, 1.82) is 0 Å². The van der Waals surface area contributed by atoms with Crippen molar-refractivity contribution >= 4 is 24.0 Å². The summed E-state index contributed by atoms with van der Waals surface area (Å²) in [5.74, 6) is 0.718. The molecular formula is C32H32O8. The van der Waals surface area contributed by atoms with Gasteiger partial charge in [-0.1, -0.05) is 18.7 Å². The maximum atomic E-state index is 12.5. The fourth-order valence-electron chi connectivity index (χ4n) is 3.44. The second-order valence-corrected chi connectivity index (χ2v) is 8.55. The van der Waals surface area contributed by atoms with Gasteiger partial charge in [0.2, 0.25) is 0 Å². The average molecular weight is 545 g/mol. The molecule has 0 saturated carbocycles. The van der Waals surface area contributed by atoms with Gasteiger partial charge < -0.3 is 23.7 Å². The molecule has 8 nitrogen and oxygen atoms in total. The highest BCUT2D eigenvalue weighted by atomic mass is 16.5. The second kappa shape index (κ2) is 16.2. The highest BCUT2D eigenvalue weighted by molar-refractivity contribution is 5.91. The number of esters is 3. The van der Waals surface area contributed by atoms with Gasteiger partial charge in [0.05, 0.1) is 25.9 Å². The monoisotopic (exact) mass is 544 g/mol. The Kier molecular flexibility index (Phi) is 12.0. The van der Waals surface area contributed by atoms with E-state index in [4.69, 9.17) is 23.7 Å². The topological polar surface area (TPSA) is 97.4 Å². The Morgan fingerprint density at radius 1 is 0.675 bits per heavy atom. The second-order valence-electron chi connectivity index (χ2n) is 8.55. The summed E-state index contributed by atoms with van der Waals surface area (Å²) in [7, 11) is 1.56. The molecule has 0 aliphatic rings. The van der Waals surface area contributed by atoms with Gasteiger partial charge in [0.15, 0.2) is 0 Å². The minimum Gasteiger partial charge on any atom is -0.497 e. The zero-order valence-electron chi connectivity index (χ0n) is 22.4. The van der Waals surface area contributed by atoms with Crippen molar-refractivity contribution in [2.45, 2.75) is 25.7 Å². The molecular weight excluding hydrogens is 512 g/mol. The first kappa shape index (κ1) is 29.7. The van der Waals surface area contributed by atoms with Crippen LogP contribution in [-0.2, 0) is 14.3 Å². The van der Waals surface area contributed by atoms with Crippen LogP contribution in [-0.4, -0.2) is 38.2 Å². The summed E-state index contributed by atoms with van der Waals surface area (Å²) in [6.45, 7) is 4.30. The molecule has 3 rings (SSSR count). The van der Waals surface area contributed by atoms with E-state index >= 15 is 0 Å². The van der Waals surface area contributed by atoms with E-state index in [9.17, 15) is 14.4 Å². The lowest BCUT2D eigenvalue weighted by molar-refractivity contribution is -0.137. The Labute approximate surface area is 233 Å². The van der Waals surface area contributed by atoms with Crippen molar-refractivity contribution in [2.24, 2.45) is 0 Å². The summed E-state index contributed by atoms with van der Waals surface area (Å²) < 4.78 is 26.4. The van der Waals surface area contributed by atoms with E-state index < -0.39 is 17.9 Å². The smallest absolute Gasteiger partial charge is 0.343 e. The Hall–Kier alpha value is -4.85. The van der Waals surface area contributed by atoms with Crippen LogP contribution in [0.5, 0.6) is 23.0 Å². The third kappa shape index (κ3) is 10.5. The van der Waals surface area contributed by atoms with Crippen LogP contribution in [0.2, 0.25) is 0 Å². The predicted octanol–water partition coefficient (Wildman–Crippen LogP) is 6.20. The standard InChI is InChI=1S/C32H32O8/c1-3-30(33)38-23-7-5-4-6-22-37-27-15-11-25(12-16-27)32(35)40-29-13-8-24(9-14-29)10-21-31(34)39-28-19-17-26(36-2)18-20-28/h3,8-21H,1,4-7,22-23H2,2H3/b21-10+. The van der Waals surface area contributed by atoms with Gasteiger partial charge in [-0.3, -0.25) is 0 Å². The third-order valence-corrected chi connectivity index (χ3v) is 5.59. The fraction of sp³-hybridized carbons (Fsp3) is 0.219. The molecule has 0 aliphatic carbocycles. The lowest BCUT2D eigenvalue weighted by atomic mass is 10.2. The van der Waals surface area contributed by atoms with Crippen molar-refractivity contribution in [3.8, 4) is 23.0 Å². The van der Waals surface area contributed by atoms with Crippen molar-refractivity contribution in [3.05, 3.63) is 103 Å². The van der Waals surface area contributed by atoms with E-state index in [2.05, 4.69) is 6.58 Å². The summed E-state index contributed by atoms with van der Waals surface area (Å²) in [6.07, 6.45) is 7.65. The van der Waals surface area contributed by atoms with Crippen molar-refractivity contribution in [1.82, 2.24) is 0 Å². The molecule has 0 heterocycles. The van der Waals surface area contributed by atoms with Gasteiger partial charge in [0.25, 0.3) is 0 Å². The van der Waals surface area contributed by atoms with Crippen LogP contribution in [0.15, 0.2) is 91.5 Å². The van der Waals surface area contributed by atoms with Crippen LogP contribution in [0.1, 0.15) is 41.6 Å². The number of hydrogen-bond donors (Lipinski definition) is 0. The number of carbonyl (C=O) groups excluding carboxylic acids is 3. The number of carbonyl (C=O) groups is 3. The number of unbranched alkanes of at least 4 members (excludes halogenated alkanes) is 3. The van der Waals surface area contributed by atoms with Crippen LogP contribution in [0, 0.1) is 0 Å². The van der Waals surface area contributed by atoms with E-state index in [1.54, 1.807) is 86.0 Å². The molecule has 8 heteroatoms. The first-order valence-electron chi connectivity index (χ1n) is 12.8. The zero-order chi connectivity index (χ0) is 28.6. The maximum absolute atomic E-state index is 12.5. The van der Waals surface area contributed by atoms with Crippen LogP contribution in [0.4, 0.5) is 0 Å². The van der Waals surface area contributed by atoms with Crippen LogP contribution in [0.25, 0.3) is 6.08 Å². The zero-order valence-corrected chi connectivity index (χ0v) is 22.4. The molecule has 0 spiro atoms. The molecule has 0 radical (unpaired) electrons. The Morgan fingerprint density at radius 3 is 1.90 bits per heavy atom. The Balaban J connectivity index is 1.37. The molecule has 0 aromatic heterocycles. The van der Waals surface area contributed by atoms with Crippen molar-refractivity contribution < 1.29 is 38.1 Å². The largest absolute Gasteiger partial charge is 0.497 e. The summed E-state index contributed by atoms with van der Waals surface area (Å²) in [5, 5.41) is 0. The SMILES string of the molecule is C=CC(=O)OCCCCCCOc1ccc(C(=O)Oc2ccc(/C=C/C(=O)Oc3ccc(OC)cc3)cc2)cc1. The lowest BCUT2D eigenvalue weighted by Gasteiger charge is -2.08. The van der Waals surface area contributed by atoms with Gasteiger partial charge in [0, 0.05) is 12.2 Å². The summed E-state index contributed by atoms with van der Waals surface area (Å²) in [5.41, 5.74) is 1.13. The first-order valence-corrected chi connectivity index (χ1v) is 12.8. The lowest BCUT2D eigenvalue weighted by Crippen LogP contribution is -2.08. The Morgan fingerprint density at radius 2 is 1.25 bits per heavy atom. The molecule has 0 N–H and O–H groups in total. The number of rotatable bonds is 15. The summed E-state index contributed by atoms with van der Waals surface area (Å²) in [4.78, 5) is 35.5. The molecule has 208 valence electrons. The van der Waals surface area contributed by atoms with E-state index in [0.717, 1.165) is 37.3 Å². The molecule has 0 saturated heterocycles. The third-order valence-electron chi connectivity index (χ3n) is 5.59. The van der Waals surface area contributed by atoms with Gasteiger partial charge in [-0.15, -0.1) is 0 Å². The molecule has 0 unspecified atom stereocenters. The first-order chi connectivity index (χ1) is 19.5. The molecule has 0 bridgehead atoms. The molecule has 0 fully saturated rings. The number of methoxy groups -OCH3 is 1. The summed E-state index contributed by atoms with van der Waals surface area (Å²) >= 11 is 0. The fourth-order valence-corrected chi connectivity index (χ4v) is 3.44. The van der Waals surface area contributed by atoms with Gasteiger partial charge in [-0.25, -0.2) is 14.4 Å². The van der Waals surface area contributed by atoms with Crippen LogP contribution >= 0.6 is 0 Å². The van der Waals surface area contributed by atoms with Crippen molar-refractivity contribution in [3.63, 3.8) is 0 Å². The molecule has 3 aromatic carbocycles. The van der Waals surface area contributed by atoms with E-state index in [1.165, 1.54) is 6.08 Å². The van der Waals surface area contributed by atoms with Crippen LogP contribution < -0.4 is 18.9 Å². The number of benzene rings is 3. The number of ether oxygens (including phenoxy) is 5. The average Bonchev–Trinajstić information content (AvgIpc) is 2.98. The minimum absolute atomic E-state index is 0.377. The molecule has 0 aliphatic heterocycles. The minimum atomic E-state index is -0.517. The van der Waals surface area contributed by atoms with Crippen molar-refractivity contribution in [2.75, 3.05) is 20.3 Å². The highest BCUT2D eigenvalue weighted by Crippen LogP contribution is 2.19. The molecule has 3 aromatic rings. The van der Waals surface area contributed by atoms with Crippen LogP contribution in [0.3, 0.4) is 0 Å². The van der Waals surface area contributed by atoms with E-state index in [1.807, 2.05) is 0 Å². The molecule has 40 heavy (non-hydrogen) atoms. The van der Waals surface area contributed by atoms with E-state index in [0.29, 0.717) is 41.8 Å². The molecule has 0 atom stereocenters. The van der Waals surface area contributed by atoms with Gasteiger partial charge >= 0.3 is 17.9 Å². The Bertz CT molecular complexity index is 1280. The normalized spacial score (nSPS) is 10.5.